The van der Waals surface area contributed by atoms with E-state index in [-0.39, 0.29) is 30.6 Å². The predicted octanol–water partition coefficient (Wildman–Crippen LogP) is 5.55. The third-order valence-electron chi connectivity index (χ3n) is 17.0. The molecule has 3 aromatic carbocycles. The Kier molecular flexibility index (Phi) is 21.4. The number of ether oxygens (including phenoxy) is 4. The number of carbonyl (C=O) groups is 3. The second kappa shape index (κ2) is 26.7. The highest BCUT2D eigenvalue weighted by atomic mass is 28.4. The Morgan fingerprint density at radius 3 is 2.10 bits per heavy atom. The highest BCUT2D eigenvalue weighted by Gasteiger charge is 2.53. The van der Waals surface area contributed by atoms with Gasteiger partial charge in [0.2, 0.25) is 5.91 Å². The van der Waals surface area contributed by atoms with Crippen molar-refractivity contribution in [1.29, 1.82) is 0 Å². The molecule has 4 aromatic rings. The number of nitrogens with zero attached hydrogens (tertiary/aromatic N) is 4. The average molecular weight is 1100 g/mol. The first-order chi connectivity index (χ1) is 36.8. The molecule has 1 aromatic heterocycles. The van der Waals surface area contributed by atoms with Crippen LogP contribution >= 0.6 is 0 Å². The molecular formula is C60H89N5O12Si. The smallest absolute Gasteiger partial charge is 0.311 e. The highest BCUT2D eigenvalue weighted by molar-refractivity contribution is 6.98. The Morgan fingerprint density at radius 1 is 0.897 bits per heavy atom. The Labute approximate surface area is 463 Å². The van der Waals surface area contributed by atoms with Gasteiger partial charge in [0.15, 0.2) is 6.29 Å². The molecule has 2 fully saturated rings. The summed E-state index contributed by atoms with van der Waals surface area (Å²) in [5.41, 5.74) is -0.622. The maximum Gasteiger partial charge on any atom is 0.311 e. The fourth-order valence-corrected chi connectivity index (χ4v) is 15.4. The third kappa shape index (κ3) is 14.2. The SMILES string of the molecule is CC[C@H]1OC(=O)[C@H](C)[C@@H](O)[C@H](C)[C@@H](O[C@@H]2O[C@H](C)C[C@H](N(C)Cc3ccc(-c4cn(CCCCCC(=O)NCC(C)(C)[Si](O)(c5ccccc5)c5ccccc5)nn4)cc3)[C@H]2O)[C@](C)(OC)C[C@@H](C)C(=O)[C@H](C)[C@@H](O)[C@]1(C)O. The lowest BCUT2D eigenvalue weighted by Gasteiger charge is -2.48. The van der Waals surface area contributed by atoms with Crippen molar-refractivity contribution in [2.24, 2.45) is 23.7 Å². The number of cyclic esters (lactones) is 1. The zero-order valence-electron chi connectivity index (χ0n) is 48.0. The number of hydrogen-bond acceptors (Lipinski definition) is 15. The fraction of sp³-hybridized carbons (Fsp3) is 0.617. The number of rotatable bonds is 19. The van der Waals surface area contributed by atoms with Crippen LogP contribution in [-0.2, 0) is 46.4 Å². The number of amides is 1. The summed E-state index contributed by atoms with van der Waals surface area (Å²) < 4.78 is 26.8. The molecule has 78 heavy (non-hydrogen) atoms. The molecule has 6 N–H and O–H groups in total. The van der Waals surface area contributed by atoms with Crippen molar-refractivity contribution in [3.63, 3.8) is 0 Å². The van der Waals surface area contributed by atoms with Gasteiger partial charge < -0.3 is 49.5 Å². The number of esters is 1. The molecule has 0 spiro atoms. The third-order valence-corrected chi connectivity index (χ3v) is 21.5. The molecule has 0 radical (unpaired) electrons. The van der Waals surface area contributed by atoms with E-state index in [2.05, 4.69) is 20.5 Å². The number of likely N-dealkylation sites (N-methyl/N-ethyl adjacent to an activating group) is 1. The van der Waals surface area contributed by atoms with Gasteiger partial charge in [0.05, 0.1) is 42.1 Å². The van der Waals surface area contributed by atoms with Gasteiger partial charge in [0.1, 0.15) is 29.3 Å². The number of aliphatic hydroxyl groups excluding tert-OH is 3. The van der Waals surface area contributed by atoms with E-state index in [0.29, 0.717) is 32.5 Å². The van der Waals surface area contributed by atoms with E-state index in [1.165, 1.54) is 21.0 Å². The second-order valence-electron chi connectivity index (χ2n) is 23.5. The molecule has 17 nitrogen and oxygen atoms in total. The zero-order chi connectivity index (χ0) is 57.3. The summed E-state index contributed by atoms with van der Waals surface area (Å²) in [6.07, 6.45) is -2.42. The lowest BCUT2D eigenvalue weighted by Crippen LogP contribution is -2.67. The average Bonchev–Trinajstić information content (AvgIpc) is 3.98. The summed E-state index contributed by atoms with van der Waals surface area (Å²) in [6, 6.07) is 27.2. The normalized spacial score (nSPS) is 30.9. The van der Waals surface area contributed by atoms with Crippen LogP contribution in [-0.4, -0.2) is 152 Å². The minimum Gasteiger partial charge on any atom is -0.459 e. The van der Waals surface area contributed by atoms with Crippen LogP contribution in [0.15, 0.2) is 91.1 Å². The molecule has 6 rings (SSSR count). The van der Waals surface area contributed by atoms with Crippen molar-refractivity contribution in [2.75, 3.05) is 20.7 Å². The summed E-state index contributed by atoms with van der Waals surface area (Å²) in [5, 5.41) is 60.0. The number of nitrogens with one attached hydrogen (secondary N) is 1. The number of methoxy groups -OCH3 is 1. The van der Waals surface area contributed by atoms with Crippen molar-refractivity contribution < 1.29 is 58.6 Å². The largest absolute Gasteiger partial charge is 0.459 e. The quantitative estimate of drug-likeness (QED) is 0.0384. The minimum absolute atomic E-state index is 0.0345. The van der Waals surface area contributed by atoms with Crippen LogP contribution in [0.4, 0.5) is 0 Å². The lowest BCUT2D eigenvalue weighted by atomic mass is 9.74. The summed E-state index contributed by atoms with van der Waals surface area (Å²) in [4.78, 5) is 55.2. The van der Waals surface area contributed by atoms with Crippen molar-refractivity contribution in [2.45, 2.75) is 192 Å². The Morgan fingerprint density at radius 2 is 1.51 bits per heavy atom. The van der Waals surface area contributed by atoms with Crippen LogP contribution in [0.5, 0.6) is 0 Å². The number of benzene rings is 3. The Balaban J connectivity index is 1.04. The van der Waals surface area contributed by atoms with Gasteiger partial charge in [0.25, 0.3) is 8.32 Å². The topological polar surface area (TPSA) is 235 Å². The molecule has 14 atom stereocenters. The van der Waals surface area contributed by atoms with Crippen molar-refractivity contribution >= 4 is 36.4 Å². The van der Waals surface area contributed by atoms with Crippen LogP contribution in [0.25, 0.3) is 11.3 Å². The van der Waals surface area contributed by atoms with E-state index in [9.17, 15) is 39.6 Å². The molecular weight excluding hydrogens is 1010 g/mol. The number of aliphatic hydroxyl groups is 4. The van der Waals surface area contributed by atoms with Crippen molar-refractivity contribution in [3.05, 3.63) is 96.7 Å². The molecule has 18 heteroatoms. The van der Waals surface area contributed by atoms with Gasteiger partial charge in [-0.3, -0.25) is 24.0 Å². The molecule has 2 aliphatic rings. The van der Waals surface area contributed by atoms with Crippen molar-refractivity contribution in [1.82, 2.24) is 25.2 Å². The summed E-state index contributed by atoms with van der Waals surface area (Å²) in [5.74, 6) is -4.85. The minimum atomic E-state index is -3.24. The molecule has 0 unspecified atom stereocenters. The molecule has 430 valence electrons. The summed E-state index contributed by atoms with van der Waals surface area (Å²) >= 11 is 0. The lowest BCUT2D eigenvalue weighted by molar-refractivity contribution is -0.302. The number of aromatic nitrogens is 3. The van der Waals surface area contributed by atoms with E-state index < -0.39 is 97.1 Å². The first-order valence-corrected chi connectivity index (χ1v) is 29.9. The van der Waals surface area contributed by atoms with E-state index in [1.54, 1.807) is 34.6 Å². The van der Waals surface area contributed by atoms with Crippen LogP contribution in [0.1, 0.15) is 120 Å². The van der Waals surface area contributed by atoms with Gasteiger partial charge in [-0.2, -0.15) is 0 Å². The van der Waals surface area contributed by atoms with Gasteiger partial charge in [0, 0.05) is 67.6 Å². The van der Waals surface area contributed by atoms with Crippen LogP contribution < -0.4 is 15.7 Å². The summed E-state index contributed by atoms with van der Waals surface area (Å²) in [7, 11) is 0.173. The predicted molar refractivity (Wildman–Crippen MR) is 301 cm³/mol. The molecule has 1 amide bonds. The van der Waals surface area contributed by atoms with Gasteiger partial charge in [-0.15, -0.1) is 5.10 Å². The van der Waals surface area contributed by atoms with E-state index in [0.717, 1.165) is 46.5 Å². The van der Waals surface area contributed by atoms with Crippen LogP contribution in [0, 0.1) is 23.7 Å². The number of carbonyl (C=O) groups excluding carboxylic acids is 3. The van der Waals surface area contributed by atoms with Gasteiger partial charge in [-0.25, -0.2) is 0 Å². The zero-order valence-corrected chi connectivity index (χ0v) is 49.0. The molecule has 0 saturated carbocycles. The van der Waals surface area contributed by atoms with Gasteiger partial charge in [-0.1, -0.05) is 138 Å². The van der Waals surface area contributed by atoms with Gasteiger partial charge in [-0.05, 0) is 82.8 Å². The maximum atomic E-state index is 14.0. The van der Waals surface area contributed by atoms with Gasteiger partial charge >= 0.3 is 5.97 Å². The second-order valence-corrected chi connectivity index (χ2v) is 27.4. The number of ketones is 1. The fourth-order valence-electron chi connectivity index (χ4n) is 11.8. The van der Waals surface area contributed by atoms with E-state index in [4.69, 9.17) is 18.9 Å². The molecule has 0 bridgehead atoms. The summed E-state index contributed by atoms with van der Waals surface area (Å²) in [6.45, 7) is 18.8. The number of unbranched alkanes of at least 4 members (excludes halogenated alkanes) is 2. The van der Waals surface area contributed by atoms with E-state index in [1.807, 2.05) is 124 Å². The molecule has 3 heterocycles. The van der Waals surface area contributed by atoms with Crippen LogP contribution in [0.2, 0.25) is 5.04 Å². The first kappa shape index (κ1) is 62.5. The highest BCUT2D eigenvalue weighted by Crippen LogP contribution is 2.40. The number of hydrogen-bond donors (Lipinski definition) is 6. The number of Topliss-reactive ketones (excluding diaryl/α,β-unsaturated/α-hetero) is 1. The standard InChI is InChI=1S/C60H89N5O12Si/c1-13-49-60(10,72)54(70)40(4)51(67)38(2)34-59(9,74-12)55(41(5)52(68)42(6)56(71)76-49)77-57-53(69)48(33-39(3)75-57)64(11)35-43-28-30-44(31-29-43)47-36-65(63-62-47)32-22-16-21-27-50(66)61-37-58(7,8)78(73,45-23-17-14-18-24-45)46-25-19-15-20-26-46/h14-15,17-20,23-26,28-31,36,38-42,48-49,52-55,57,68-70,72-73H,13,16,21-22,27,32-35,37H2,1-12H3,(H,61,66)/t38-,39-,40+,41+,42-,48+,49-,52+,53-,54-,55-,57+,59-,60-/m1/s1. The monoisotopic (exact) mass is 1100 g/mol. The van der Waals surface area contributed by atoms with E-state index >= 15 is 0 Å². The maximum absolute atomic E-state index is 14.0. The molecule has 2 saturated heterocycles. The first-order valence-electron chi connectivity index (χ1n) is 28.0. The molecule has 0 aliphatic carbocycles. The van der Waals surface area contributed by atoms with Crippen molar-refractivity contribution in [3.8, 4) is 11.3 Å². The molecule has 2 aliphatic heterocycles. The number of aryl methyl sites for hydroxylation is 1. The van der Waals surface area contributed by atoms with Crippen LogP contribution in [0.3, 0.4) is 0 Å². The Hall–Kier alpha value is -4.73. The Bertz CT molecular complexity index is 2510.